The zero-order valence-electron chi connectivity index (χ0n) is 13.4. The van der Waals surface area contributed by atoms with Crippen molar-refractivity contribution in [3.63, 3.8) is 0 Å². The Kier molecular flexibility index (Phi) is 6.83. The van der Waals surface area contributed by atoms with Crippen LogP contribution in [0.5, 0.6) is 11.5 Å². The van der Waals surface area contributed by atoms with Crippen molar-refractivity contribution in [2.45, 2.75) is 32.2 Å². The Hall–Kier alpha value is -1.26. The summed E-state index contributed by atoms with van der Waals surface area (Å²) in [7, 11) is 3.40. The van der Waals surface area contributed by atoms with Crippen LogP contribution in [-0.2, 0) is 6.54 Å². The van der Waals surface area contributed by atoms with E-state index in [1.165, 1.54) is 45.3 Å². The third-order valence-electron chi connectivity index (χ3n) is 4.08. The second-order valence-corrected chi connectivity index (χ2v) is 5.61. The van der Waals surface area contributed by atoms with Crippen molar-refractivity contribution in [2.24, 2.45) is 0 Å². The lowest BCUT2D eigenvalue weighted by Crippen LogP contribution is -2.22. The third kappa shape index (κ3) is 5.21. The van der Waals surface area contributed by atoms with Gasteiger partial charge in [0.1, 0.15) is 11.5 Å². The average molecular weight is 292 g/mol. The van der Waals surface area contributed by atoms with E-state index in [0.29, 0.717) is 0 Å². The Balaban J connectivity index is 1.65. The molecule has 0 saturated carbocycles. The van der Waals surface area contributed by atoms with Crippen LogP contribution in [0.25, 0.3) is 0 Å². The molecule has 1 fully saturated rings. The van der Waals surface area contributed by atoms with E-state index in [-0.39, 0.29) is 0 Å². The highest BCUT2D eigenvalue weighted by Gasteiger charge is 2.10. The van der Waals surface area contributed by atoms with Gasteiger partial charge in [-0.2, -0.15) is 0 Å². The molecule has 1 aliphatic heterocycles. The van der Waals surface area contributed by atoms with Crippen molar-refractivity contribution < 1.29 is 9.47 Å². The minimum Gasteiger partial charge on any atom is -0.497 e. The molecule has 4 heteroatoms. The molecule has 1 aromatic carbocycles. The Labute approximate surface area is 128 Å². The Morgan fingerprint density at radius 3 is 2.62 bits per heavy atom. The van der Waals surface area contributed by atoms with Crippen LogP contribution < -0.4 is 14.8 Å². The molecule has 0 spiro atoms. The molecule has 0 bridgehead atoms. The molecule has 4 nitrogen and oxygen atoms in total. The number of benzene rings is 1. The van der Waals surface area contributed by atoms with E-state index in [1.807, 2.05) is 18.2 Å². The molecule has 1 saturated heterocycles. The van der Waals surface area contributed by atoms with Crippen LogP contribution in [0.4, 0.5) is 0 Å². The smallest absolute Gasteiger partial charge is 0.123 e. The third-order valence-corrected chi connectivity index (χ3v) is 4.08. The number of rotatable bonds is 9. The molecule has 0 unspecified atom stereocenters. The van der Waals surface area contributed by atoms with Crippen molar-refractivity contribution >= 4 is 0 Å². The van der Waals surface area contributed by atoms with E-state index >= 15 is 0 Å². The minimum atomic E-state index is 0.823. The number of nitrogens with zero attached hydrogens (tertiary/aromatic N) is 1. The fourth-order valence-corrected chi connectivity index (χ4v) is 2.83. The summed E-state index contributed by atoms with van der Waals surface area (Å²) in [5, 5.41) is 3.50. The standard InChI is InChI=1S/C17H28N2O2/c1-20-16-7-8-17(21-2)15(13-16)14-18-9-3-4-10-19-11-5-6-12-19/h7-8,13,18H,3-6,9-12,14H2,1-2H3. The van der Waals surface area contributed by atoms with E-state index in [0.717, 1.165) is 30.2 Å². The zero-order valence-corrected chi connectivity index (χ0v) is 13.4. The fourth-order valence-electron chi connectivity index (χ4n) is 2.83. The second-order valence-electron chi connectivity index (χ2n) is 5.61. The first-order valence-electron chi connectivity index (χ1n) is 7.97. The van der Waals surface area contributed by atoms with Crippen molar-refractivity contribution in [1.29, 1.82) is 0 Å². The van der Waals surface area contributed by atoms with Crippen molar-refractivity contribution in [3.05, 3.63) is 23.8 Å². The van der Waals surface area contributed by atoms with Gasteiger partial charge in [0.2, 0.25) is 0 Å². The molecule has 0 aliphatic carbocycles. The zero-order chi connectivity index (χ0) is 14.9. The molecule has 1 heterocycles. The molecule has 21 heavy (non-hydrogen) atoms. The molecular formula is C17H28N2O2. The molecule has 118 valence electrons. The quantitative estimate of drug-likeness (QED) is 0.710. The van der Waals surface area contributed by atoms with Gasteiger partial charge in [0, 0.05) is 12.1 Å². The molecule has 0 aromatic heterocycles. The van der Waals surface area contributed by atoms with E-state index in [9.17, 15) is 0 Å². The number of nitrogens with one attached hydrogen (secondary N) is 1. The summed E-state index contributed by atoms with van der Waals surface area (Å²) in [6.45, 7) is 5.73. The number of hydrogen-bond acceptors (Lipinski definition) is 4. The van der Waals surface area contributed by atoms with E-state index in [2.05, 4.69) is 10.2 Å². The van der Waals surface area contributed by atoms with Crippen LogP contribution in [0.3, 0.4) is 0 Å². The summed E-state index contributed by atoms with van der Waals surface area (Å²) < 4.78 is 10.7. The summed E-state index contributed by atoms with van der Waals surface area (Å²) in [6, 6.07) is 5.93. The first kappa shape index (κ1) is 16.1. The van der Waals surface area contributed by atoms with E-state index in [4.69, 9.17) is 9.47 Å². The predicted octanol–water partition coefficient (Wildman–Crippen LogP) is 2.67. The van der Waals surface area contributed by atoms with Crippen LogP contribution in [-0.4, -0.2) is 45.3 Å². The van der Waals surface area contributed by atoms with Gasteiger partial charge in [0.25, 0.3) is 0 Å². The maximum atomic E-state index is 5.39. The van der Waals surface area contributed by atoms with Gasteiger partial charge in [-0.3, -0.25) is 0 Å². The Bertz CT molecular complexity index is 417. The van der Waals surface area contributed by atoms with Gasteiger partial charge in [-0.15, -0.1) is 0 Å². The SMILES string of the molecule is COc1ccc(OC)c(CNCCCCN2CCCC2)c1. The van der Waals surface area contributed by atoms with Crippen LogP contribution >= 0.6 is 0 Å². The average Bonchev–Trinajstić information content (AvgIpc) is 3.03. The number of methoxy groups -OCH3 is 2. The number of ether oxygens (including phenoxy) is 2. The highest BCUT2D eigenvalue weighted by Crippen LogP contribution is 2.23. The first-order chi connectivity index (χ1) is 10.3. The summed E-state index contributed by atoms with van der Waals surface area (Å²) in [4.78, 5) is 2.57. The lowest BCUT2D eigenvalue weighted by molar-refractivity contribution is 0.329. The summed E-state index contributed by atoms with van der Waals surface area (Å²) in [5.41, 5.74) is 1.15. The highest BCUT2D eigenvalue weighted by atomic mass is 16.5. The maximum Gasteiger partial charge on any atom is 0.123 e. The largest absolute Gasteiger partial charge is 0.497 e. The van der Waals surface area contributed by atoms with Gasteiger partial charge in [0.05, 0.1) is 14.2 Å². The molecule has 0 amide bonds. The molecule has 0 atom stereocenters. The Morgan fingerprint density at radius 1 is 1.10 bits per heavy atom. The molecule has 1 N–H and O–H groups in total. The fraction of sp³-hybridized carbons (Fsp3) is 0.647. The minimum absolute atomic E-state index is 0.823. The first-order valence-corrected chi connectivity index (χ1v) is 7.97. The number of hydrogen-bond donors (Lipinski definition) is 1. The van der Waals surface area contributed by atoms with Gasteiger partial charge in [-0.25, -0.2) is 0 Å². The molecule has 1 aliphatic rings. The van der Waals surface area contributed by atoms with Crippen LogP contribution in [0, 0.1) is 0 Å². The topological polar surface area (TPSA) is 33.7 Å². The highest BCUT2D eigenvalue weighted by molar-refractivity contribution is 5.40. The normalized spacial score (nSPS) is 15.3. The van der Waals surface area contributed by atoms with Crippen molar-refractivity contribution in [3.8, 4) is 11.5 Å². The van der Waals surface area contributed by atoms with E-state index < -0.39 is 0 Å². The second kappa shape index (κ2) is 8.90. The lowest BCUT2D eigenvalue weighted by Gasteiger charge is -2.14. The molecule has 1 aromatic rings. The maximum absolute atomic E-state index is 5.39. The molecule has 2 rings (SSSR count). The van der Waals surface area contributed by atoms with Gasteiger partial charge >= 0.3 is 0 Å². The van der Waals surface area contributed by atoms with Crippen LogP contribution in [0.1, 0.15) is 31.2 Å². The molecule has 0 radical (unpaired) electrons. The monoisotopic (exact) mass is 292 g/mol. The van der Waals surface area contributed by atoms with Crippen LogP contribution in [0.15, 0.2) is 18.2 Å². The van der Waals surface area contributed by atoms with Gasteiger partial charge in [0.15, 0.2) is 0 Å². The summed E-state index contributed by atoms with van der Waals surface area (Å²) in [6.07, 6.45) is 5.27. The van der Waals surface area contributed by atoms with Crippen molar-refractivity contribution in [2.75, 3.05) is 40.4 Å². The lowest BCUT2D eigenvalue weighted by atomic mass is 10.2. The summed E-state index contributed by atoms with van der Waals surface area (Å²) in [5.74, 6) is 1.79. The number of likely N-dealkylation sites (tertiary alicyclic amines) is 1. The summed E-state index contributed by atoms with van der Waals surface area (Å²) >= 11 is 0. The number of unbranched alkanes of at least 4 members (excludes halogenated alkanes) is 1. The molecular weight excluding hydrogens is 264 g/mol. The van der Waals surface area contributed by atoms with Crippen molar-refractivity contribution in [1.82, 2.24) is 10.2 Å². The van der Waals surface area contributed by atoms with Gasteiger partial charge < -0.3 is 19.7 Å². The predicted molar refractivity (Wildman–Crippen MR) is 86.2 cm³/mol. The van der Waals surface area contributed by atoms with Gasteiger partial charge in [-0.1, -0.05) is 0 Å². The van der Waals surface area contributed by atoms with Gasteiger partial charge in [-0.05, 0) is 70.1 Å². The Morgan fingerprint density at radius 2 is 1.90 bits per heavy atom. The van der Waals surface area contributed by atoms with E-state index in [1.54, 1.807) is 14.2 Å². The van der Waals surface area contributed by atoms with Crippen LogP contribution in [0.2, 0.25) is 0 Å².